The minimum atomic E-state index is 0.491. The molecule has 1 rings (SSSR count). The monoisotopic (exact) mass is 157 g/mol. The highest BCUT2D eigenvalue weighted by molar-refractivity contribution is 4.72. The van der Waals surface area contributed by atoms with Crippen molar-refractivity contribution < 1.29 is 4.74 Å². The fourth-order valence-corrected chi connectivity index (χ4v) is 1.50. The van der Waals surface area contributed by atoms with Crippen molar-refractivity contribution >= 4 is 0 Å². The molecule has 0 aromatic carbocycles. The van der Waals surface area contributed by atoms with Crippen LogP contribution in [0, 0.1) is 0 Å². The lowest BCUT2D eigenvalue weighted by Gasteiger charge is -2.18. The molecule has 0 aromatic rings. The van der Waals surface area contributed by atoms with Gasteiger partial charge >= 0.3 is 0 Å². The maximum Gasteiger partial charge on any atom is 0.0706 e. The molecule has 2 unspecified atom stereocenters. The quantitative estimate of drug-likeness (QED) is 0.615. The molecule has 0 N–H and O–H groups in total. The molecule has 0 spiro atoms. The summed E-state index contributed by atoms with van der Waals surface area (Å²) >= 11 is 0. The molecule has 11 heavy (non-hydrogen) atoms. The zero-order valence-corrected chi connectivity index (χ0v) is 7.84. The number of ether oxygens (including phenoxy) is 1. The first-order valence-corrected chi connectivity index (χ1v) is 4.56. The summed E-state index contributed by atoms with van der Waals surface area (Å²) < 4.78 is 5.69. The Kier molecular flexibility index (Phi) is 3.34. The highest BCUT2D eigenvalue weighted by Crippen LogP contribution is 2.19. The summed E-state index contributed by atoms with van der Waals surface area (Å²) in [6, 6.07) is 0. The Bertz CT molecular complexity index is 116. The average Bonchev–Trinajstić information content (AvgIpc) is 2.35. The van der Waals surface area contributed by atoms with Gasteiger partial charge < -0.3 is 9.64 Å². The van der Waals surface area contributed by atoms with Crippen LogP contribution in [-0.4, -0.2) is 37.2 Å². The largest absolute Gasteiger partial charge is 0.374 e. The van der Waals surface area contributed by atoms with E-state index in [0.717, 1.165) is 13.1 Å². The first kappa shape index (κ1) is 9.01. The van der Waals surface area contributed by atoms with Crippen molar-refractivity contribution in [1.82, 2.24) is 4.90 Å². The van der Waals surface area contributed by atoms with Crippen molar-refractivity contribution in [3.8, 4) is 0 Å². The van der Waals surface area contributed by atoms with Gasteiger partial charge in [0.05, 0.1) is 12.2 Å². The summed E-state index contributed by atoms with van der Waals surface area (Å²) in [6.45, 7) is 6.55. The van der Waals surface area contributed by atoms with Gasteiger partial charge in [-0.1, -0.05) is 6.92 Å². The van der Waals surface area contributed by atoms with Crippen LogP contribution in [0.1, 0.15) is 26.7 Å². The number of likely N-dealkylation sites (N-methyl/N-ethyl adjacent to an activating group) is 1. The Labute approximate surface area is 69.5 Å². The summed E-state index contributed by atoms with van der Waals surface area (Å²) in [4.78, 5) is 2.31. The smallest absolute Gasteiger partial charge is 0.0706 e. The highest BCUT2D eigenvalue weighted by Gasteiger charge is 2.22. The van der Waals surface area contributed by atoms with Crippen molar-refractivity contribution in [3.05, 3.63) is 0 Å². The standard InChI is InChI=1S/C9H19NO/c1-4-10(3)7-9-6-5-8(2)11-9/h8-9H,4-7H2,1-3H3. The predicted molar refractivity (Wildman–Crippen MR) is 46.7 cm³/mol. The van der Waals surface area contributed by atoms with Crippen LogP contribution in [0.5, 0.6) is 0 Å². The van der Waals surface area contributed by atoms with E-state index in [2.05, 4.69) is 25.8 Å². The maximum absolute atomic E-state index is 5.69. The van der Waals surface area contributed by atoms with Crippen molar-refractivity contribution in [2.24, 2.45) is 0 Å². The van der Waals surface area contributed by atoms with Gasteiger partial charge in [0.1, 0.15) is 0 Å². The van der Waals surface area contributed by atoms with Gasteiger partial charge in [0.15, 0.2) is 0 Å². The molecule has 1 heterocycles. The number of hydrogen-bond acceptors (Lipinski definition) is 2. The number of rotatable bonds is 3. The molecule has 0 aliphatic carbocycles. The number of hydrogen-bond donors (Lipinski definition) is 0. The third kappa shape index (κ3) is 2.80. The van der Waals surface area contributed by atoms with Crippen LogP contribution >= 0.6 is 0 Å². The highest BCUT2D eigenvalue weighted by atomic mass is 16.5. The van der Waals surface area contributed by atoms with Crippen molar-refractivity contribution in [1.29, 1.82) is 0 Å². The molecule has 0 aromatic heterocycles. The lowest BCUT2D eigenvalue weighted by molar-refractivity contribution is 0.0374. The van der Waals surface area contributed by atoms with Crippen LogP contribution in [0.3, 0.4) is 0 Å². The molecule has 1 aliphatic heterocycles. The minimum absolute atomic E-state index is 0.491. The molecule has 0 amide bonds. The third-order valence-corrected chi connectivity index (χ3v) is 2.38. The molecular formula is C9H19NO. The average molecular weight is 157 g/mol. The molecule has 0 saturated carbocycles. The summed E-state index contributed by atoms with van der Waals surface area (Å²) in [5.74, 6) is 0. The topological polar surface area (TPSA) is 12.5 Å². The van der Waals surface area contributed by atoms with E-state index < -0.39 is 0 Å². The Morgan fingerprint density at radius 2 is 2.18 bits per heavy atom. The van der Waals surface area contributed by atoms with Crippen LogP contribution < -0.4 is 0 Å². The Morgan fingerprint density at radius 1 is 1.45 bits per heavy atom. The molecule has 66 valence electrons. The van der Waals surface area contributed by atoms with Gasteiger partial charge in [0, 0.05) is 6.54 Å². The van der Waals surface area contributed by atoms with Gasteiger partial charge in [-0.25, -0.2) is 0 Å². The van der Waals surface area contributed by atoms with Crippen LogP contribution in [0.2, 0.25) is 0 Å². The van der Waals surface area contributed by atoms with E-state index in [1.807, 2.05) is 0 Å². The van der Waals surface area contributed by atoms with E-state index in [1.54, 1.807) is 0 Å². The van der Waals surface area contributed by atoms with Crippen molar-refractivity contribution in [3.63, 3.8) is 0 Å². The van der Waals surface area contributed by atoms with Crippen LogP contribution in [0.25, 0.3) is 0 Å². The van der Waals surface area contributed by atoms with Gasteiger partial charge in [0.2, 0.25) is 0 Å². The SMILES string of the molecule is CCN(C)CC1CCC(C)O1. The second kappa shape index (κ2) is 4.07. The predicted octanol–water partition coefficient (Wildman–Crippen LogP) is 1.51. The fraction of sp³-hybridized carbons (Fsp3) is 1.00. The molecule has 2 heteroatoms. The molecule has 1 saturated heterocycles. The normalized spacial score (nSPS) is 31.6. The summed E-state index contributed by atoms with van der Waals surface area (Å²) in [7, 11) is 2.15. The molecule has 2 nitrogen and oxygen atoms in total. The van der Waals surface area contributed by atoms with E-state index >= 15 is 0 Å². The van der Waals surface area contributed by atoms with E-state index in [1.165, 1.54) is 12.8 Å². The number of nitrogens with zero attached hydrogens (tertiary/aromatic N) is 1. The Balaban J connectivity index is 2.17. The third-order valence-electron chi connectivity index (χ3n) is 2.38. The lowest BCUT2D eigenvalue weighted by Crippen LogP contribution is -2.28. The van der Waals surface area contributed by atoms with Gasteiger partial charge in [-0.2, -0.15) is 0 Å². The molecule has 0 radical (unpaired) electrons. The maximum atomic E-state index is 5.69. The molecular weight excluding hydrogens is 138 g/mol. The molecule has 1 aliphatic rings. The summed E-state index contributed by atoms with van der Waals surface area (Å²) in [5, 5.41) is 0. The lowest BCUT2D eigenvalue weighted by atomic mass is 10.2. The van der Waals surface area contributed by atoms with E-state index in [-0.39, 0.29) is 0 Å². The van der Waals surface area contributed by atoms with Gasteiger partial charge in [-0.15, -0.1) is 0 Å². The van der Waals surface area contributed by atoms with Crippen molar-refractivity contribution in [2.75, 3.05) is 20.1 Å². The zero-order valence-electron chi connectivity index (χ0n) is 7.84. The molecule has 0 bridgehead atoms. The first-order valence-electron chi connectivity index (χ1n) is 4.56. The second-order valence-electron chi connectivity index (χ2n) is 3.50. The molecule has 2 atom stereocenters. The van der Waals surface area contributed by atoms with Crippen LogP contribution in [0.4, 0.5) is 0 Å². The van der Waals surface area contributed by atoms with Gasteiger partial charge in [-0.05, 0) is 33.4 Å². The van der Waals surface area contributed by atoms with Crippen LogP contribution in [-0.2, 0) is 4.74 Å². The van der Waals surface area contributed by atoms with Crippen molar-refractivity contribution in [2.45, 2.75) is 38.9 Å². The van der Waals surface area contributed by atoms with Gasteiger partial charge in [-0.3, -0.25) is 0 Å². The first-order chi connectivity index (χ1) is 5.22. The Hall–Kier alpha value is -0.0800. The minimum Gasteiger partial charge on any atom is -0.374 e. The summed E-state index contributed by atoms with van der Waals surface area (Å²) in [6.07, 6.45) is 3.47. The van der Waals surface area contributed by atoms with E-state index in [9.17, 15) is 0 Å². The second-order valence-corrected chi connectivity index (χ2v) is 3.50. The van der Waals surface area contributed by atoms with E-state index in [0.29, 0.717) is 12.2 Å². The van der Waals surface area contributed by atoms with E-state index in [4.69, 9.17) is 4.74 Å². The molecule has 1 fully saturated rings. The zero-order chi connectivity index (χ0) is 8.27. The van der Waals surface area contributed by atoms with Gasteiger partial charge in [0.25, 0.3) is 0 Å². The Morgan fingerprint density at radius 3 is 2.64 bits per heavy atom. The summed E-state index contributed by atoms with van der Waals surface area (Å²) in [5.41, 5.74) is 0. The van der Waals surface area contributed by atoms with Crippen LogP contribution in [0.15, 0.2) is 0 Å². The fourth-order valence-electron chi connectivity index (χ4n) is 1.50.